The van der Waals surface area contributed by atoms with Gasteiger partial charge in [-0.2, -0.15) is 5.26 Å². The number of nitrogens with zero attached hydrogens (tertiary/aromatic N) is 2. The van der Waals surface area contributed by atoms with Crippen LogP contribution >= 0.6 is 0 Å². The van der Waals surface area contributed by atoms with E-state index in [1.54, 1.807) is 19.2 Å². The first-order valence-corrected chi connectivity index (χ1v) is 5.67. The summed E-state index contributed by atoms with van der Waals surface area (Å²) in [6.45, 7) is 1.96. The van der Waals surface area contributed by atoms with Crippen molar-refractivity contribution in [2.75, 3.05) is 6.61 Å². The van der Waals surface area contributed by atoms with E-state index in [1.807, 2.05) is 30.3 Å². The molecule has 1 heterocycles. The summed E-state index contributed by atoms with van der Waals surface area (Å²) < 4.78 is 4.86. The maximum absolute atomic E-state index is 11.6. The minimum Gasteiger partial charge on any atom is -0.465 e. The Balaban J connectivity index is 2.40. The molecule has 1 aromatic carbocycles. The summed E-state index contributed by atoms with van der Waals surface area (Å²) in [4.78, 5) is 15.8. The third-order valence-electron chi connectivity index (χ3n) is 2.60. The molecule has 0 spiro atoms. The lowest BCUT2D eigenvalue weighted by Crippen LogP contribution is -2.15. The molecule has 0 saturated heterocycles. The topological polar surface area (TPSA) is 63.0 Å². The highest BCUT2D eigenvalue weighted by molar-refractivity contribution is 5.85. The summed E-state index contributed by atoms with van der Waals surface area (Å²) in [6, 6.07) is 11.3. The number of rotatable bonds is 3. The maximum Gasteiger partial charge on any atom is 0.329 e. The van der Waals surface area contributed by atoms with Crippen LogP contribution in [-0.2, 0) is 9.53 Å². The molecule has 1 atom stereocenters. The molecule has 0 bridgehead atoms. The number of aromatic nitrogens is 1. The zero-order valence-corrected chi connectivity index (χ0v) is 9.96. The van der Waals surface area contributed by atoms with Gasteiger partial charge < -0.3 is 4.74 Å². The second kappa shape index (κ2) is 5.28. The molecule has 4 heteroatoms. The summed E-state index contributed by atoms with van der Waals surface area (Å²) in [6.07, 6.45) is 1.66. The number of carbonyl (C=O) groups is 1. The highest BCUT2D eigenvalue weighted by atomic mass is 16.5. The molecule has 2 rings (SSSR count). The number of carbonyl (C=O) groups excluding carboxylic acids is 1. The van der Waals surface area contributed by atoms with Crippen LogP contribution in [0.3, 0.4) is 0 Å². The second-order valence-electron chi connectivity index (χ2n) is 3.77. The van der Waals surface area contributed by atoms with Crippen molar-refractivity contribution < 1.29 is 9.53 Å². The number of esters is 1. The van der Waals surface area contributed by atoms with Crippen molar-refractivity contribution in [2.24, 2.45) is 0 Å². The van der Waals surface area contributed by atoms with Crippen molar-refractivity contribution in [3.8, 4) is 6.07 Å². The number of hydrogen-bond acceptors (Lipinski definition) is 4. The first-order chi connectivity index (χ1) is 8.76. The molecule has 18 heavy (non-hydrogen) atoms. The molecular formula is C14H12N2O2. The number of ether oxygens (including phenoxy) is 1. The van der Waals surface area contributed by atoms with Gasteiger partial charge in [0.2, 0.25) is 0 Å². The molecule has 1 unspecified atom stereocenters. The van der Waals surface area contributed by atoms with Crippen LogP contribution in [0.25, 0.3) is 10.8 Å². The maximum atomic E-state index is 11.6. The van der Waals surface area contributed by atoms with Crippen molar-refractivity contribution in [1.29, 1.82) is 5.26 Å². The molecule has 0 aliphatic carbocycles. The molecule has 2 aromatic rings. The third-order valence-corrected chi connectivity index (χ3v) is 2.60. The Morgan fingerprint density at radius 2 is 2.17 bits per heavy atom. The van der Waals surface area contributed by atoms with Crippen molar-refractivity contribution in [3.05, 3.63) is 42.2 Å². The van der Waals surface area contributed by atoms with Gasteiger partial charge in [-0.1, -0.05) is 24.3 Å². The predicted octanol–water partition coefficient (Wildman–Crippen LogP) is 2.41. The average molecular weight is 240 g/mol. The van der Waals surface area contributed by atoms with Gasteiger partial charge >= 0.3 is 5.97 Å². The van der Waals surface area contributed by atoms with E-state index >= 15 is 0 Å². The van der Waals surface area contributed by atoms with Gasteiger partial charge in [0.1, 0.15) is 0 Å². The molecule has 0 saturated carbocycles. The summed E-state index contributed by atoms with van der Waals surface area (Å²) in [5.74, 6) is -1.52. The Kier molecular flexibility index (Phi) is 3.54. The minimum atomic E-state index is -0.963. The summed E-state index contributed by atoms with van der Waals surface area (Å²) in [5.41, 5.74) is 0.426. The van der Waals surface area contributed by atoms with Crippen molar-refractivity contribution in [1.82, 2.24) is 4.98 Å². The largest absolute Gasteiger partial charge is 0.465 e. The predicted molar refractivity (Wildman–Crippen MR) is 66.7 cm³/mol. The van der Waals surface area contributed by atoms with Gasteiger partial charge in [0.15, 0.2) is 5.92 Å². The number of benzene rings is 1. The lowest BCUT2D eigenvalue weighted by molar-refractivity contribution is -0.143. The van der Waals surface area contributed by atoms with Gasteiger partial charge in [-0.3, -0.25) is 9.78 Å². The average Bonchev–Trinajstić information content (AvgIpc) is 2.40. The van der Waals surface area contributed by atoms with E-state index < -0.39 is 11.9 Å². The lowest BCUT2D eigenvalue weighted by atomic mass is 10.0. The molecule has 0 aliphatic heterocycles. The highest BCUT2D eigenvalue weighted by Gasteiger charge is 2.23. The number of pyridine rings is 1. The Bertz CT molecular complexity index is 616. The molecular weight excluding hydrogens is 228 g/mol. The van der Waals surface area contributed by atoms with E-state index in [0.29, 0.717) is 5.69 Å². The zero-order valence-electron chi connectivity index (χ0n) is 9.96. The molecule has 0 aliphatic rings. The fourth-order valence-electron chi connectivity index (χ4n) is 1.72. The molecule has 90 valence electrons. The van der Waals surface area contributed by atoms with Crippen molar-refractivity contribution in [2.45, 2.75) is 12.8 Å². The lowest BCUT2D eigenvalue weighted by Gasteiger charge is -2.08. The van der Waals surface area contributed by atoms with Crippen LogP contribution in [0.15, 0.2) is 36.5 Å². The van der Waals surface area contributed by atoms with Crippen LogP contribution in [0, 0.1) is 11.3 Å². The van der Waals surface area contributed by atoms with Gasteiger partial charge in [0, 0.05) is 11.6 Å². The Labute approximate surface area is 105 Å². The van der Waals surface area contributed by atoms with Gasteiger partial charge in [-0.25, -0.2) is 0 Å². The van der Waals surface area contributed by atoms with Gasteiger partial charge in [0.25, 0.3) is 0 Å². The summed E-state index contributed by atoms with van der Waals surface area (Å²) in [7, 11) is 0. The van der Waals surface area contributed by atoms with Crippen LogP contribution < -0.4 is 0 Å². The van der Waals surface area contributed by atoms with E-state index in [1.165, 1.54) is 0 Å². The second-order valence-corrected chi connectivity index (χ2v) is 3.77. The van der Waals surface area contributed by atoms with Crippen molar-refractivity contribution >= 4 is 16.7 Å². The molecule has 0 N–H and O–H groups in total. The fourth-order valence-corrected chi connectivity index (χ4v) is 1.72. The number of fused-ring (bicyclic) bond motifs is 1. The first-order valence-electron chi connectivity index (χ1n) is 5.67. The van der Waals surface area contributed by atoms with Gasteiger partial charge in [-0.05, 0) is 18.4 Å². The molecule has 0 radical (unpaired) electrons. The van der Waals surface area contributed by atoms with Crippen molar-refractivity contribution in [3.63, 3.8) is 0 Å². The van der Waals surface area contributed by atoms with E-state index in [2.05, 4.69) is 4.98 Å². The molecule has 0 amide bonds. The summed E-state index contributed by atoms with van der Waals surface area (Å²) >= 11 is 0. The Morgan fingerprint density at radius 3 is 2.83 bits per heavy atom. The van der Waals surface area contributed by atoms with Gasteiger partial charge in [-0.15, -0.1) is 0 Å². The summed E-state index contributed by atoms with van der Waals surface area (Å²) in [5, 5.41) is 11.0. The van der Waals surface area contributed by atoms with Crippen LogP contribution in [0.4, 0.5) is 0 Å². The quantitative estimate of drug-likeness (QED) is 0.773. The van der Waals surface area contributed by atoms with E-state index in [-0.39, 0.29) is 6.61 Å². The SMILES string of the molecule is CCOC(=O)C(C#N)c1cc2ccccc2cn1. The Morgan fingerprint density at radius 1 is 1.44 bits per heavy atom. The van der Waals surface area contributed by atoms with E-state index in [0.717, 1.165) is 10.8 Å². The highest BCUT2D eigenvalue weighted by Crippen LogP contribution is 2.20. The van der Waals surface area contributed by atoms with Gasteiger partial charge in [0.05, 0.1) is 18.4 Å². The van der Waals surface area contributed by atoms with Crippen LogP contribution in [-0.4, -0.2) is 17.6 Å². The van der Waals surface area contributed by atoms with E-state index in [9.17, 15) is 4.79 Å². The Hall–Kier alpha value is -2.41. The number of nitriles is 1. The number of hydrogen-bond donors (Lipinski definition) is 0. The zero-order chi connectivity index (χ0) is 13.0. The standard InChI is InChI=1S/C14H12N2O2/c1-2-18-14(17)12(8-15)13-7-10-5-3-4-6-11(10)9-16-13/h3-7,9,12H,2H2,1H3. The molecule has 0 fully saturated rings. The normalized spacial score (nSPS) is 11.8. The van der Waals surface area contributed by atoms with Crippen LogP contribution in [0.2, 0.25) is 0 Å². The van der Waals surface area contributed by atoms with Crippen LogP contribution in [0.1, 0.15) is 18.5 Å². The monoisotopic (exact) mass is 240 g/mol. The smallest absolute Gasteiger partial charge is 0.329 e. The van der Waals surface area contributed by atoms with Crippen LogP contribution in [0.5, 0.6) is 0 Å². The first kappa shape index (κ1) is 12.1. The van der Waals surface area contributed by atoms with E-state index in [4.69, 9.17) is 10.00 Å². The minimum absolute atomic E-state index is 0.255. The third kappa shape index (κ3) is 2.30. The fraction of sp³-hybridized carbons (Fsp3) is 0.214. The molecule has 4 nitrogen and oxygen atoms in total. The molecule has 1 aromatic heterocycles.